The van der Waals surface area contributed by atoms with Crippen LogP contribution < -0.4 is 19.5 Å². The Morgan fingerprint density at radius 2 is 1.85 bits per heavy atom. The van der Waals surface area contributed by atoms with Crippen molar-refractivity contribution < 1.29 is 28.9 Å². The van der Waals surface area contributed by atoms with Crippen molar-refractivity contribution in [2.45, 2.75) is 38.0 Å². The van der Waals surface area contributed by atoms with E-state index in [-0.39, 0.29) is 29.8 Å². The van der Waals surface area contributed by atoms with Crippen LogP contribution >= 0.6 is 15.9 Å². The predicted octanol–water partition coefficient (Wildman–Crippen LogP) is 4.57. The molecule has 2 N–H and O–H groups in total. The summed E-state index contributed by atoms with van der Waals surface area (Å²) in [5.41, 5.74) is 2.88. The summed E-state index contributed by atoms with van der Waals surface area (Å²) >= 11 is 3.36. The smallest absolute Gasteiger partial charge is 0.225 e. The Kier molecular flexibility index (Phi) is 6.65. The number of rotatable bonds is 6. The van der Waals surface area contributed by atoms with Crippen LogP contribution in [0, 0.1) is 0 Å². The number of halogens is 1. The first-order chi connectivity index (χ1) is 15.9. The van der Waals surface area contributed by atoms with Crippen LogP contribution in [-0.2, 0) is 9.59 Å². The molecule has 0 spiro atoms. The zero-order valence-corrected chi connectivity index (χ0v) is 20.3. The Bertz CT molecular complexity index is 1140. The van der Waals surface area contributed by atoms with E-state index in [1.807, 2.05) is 25.1 Å². The van der Waals surface area contributed by atoms with Gasteiger partial charge in [-0.25, -0.2) is 0 Å². The fourth-order valence-electron chi connectivity index (χ4n) is 4.68. The number of ketones is 1. The number of carbonyl (C=O) groups is 2. The molecule has 0 fully saturated rings. The molecule has 0 saturated carbocycles. The molecule has 2 aromatic carbocycles. The third-order valence-electron chi connectivity index (χ3n) is 6.17. The normalized spacial score (nSPS) is 20.2. The van der Waals surface area contributed by atoms with Gasteiger partial charge in [0.2, 0.25) is 5.91 Å². The Morgan fingerprint density at radius 1 is 1.06 bits per heavy atom. The van der Waals surface area contributed by atoms with Crippen LogP contribution in [0.25, 0.3) is 0 Å². The summed E-state index contributed by atoms with van der Waals surface area (Å²) < 4.78 is 16.9. The number of methoxy groups -OCH3 is 2. The van der Waals surface area contributed by atoms with Crippen molar-refractivity contribution in [3.05, 3.63) is 57.2 Å². The first-order valence-electron chi connectivity index (χ1n) is 10.8. The number of carbonyl (C=O) groups excluding carboxylic acids is 2. The first kappa shape index (κ1) is 23.2. The molecule has 7 nitrogen and oxygen atoms in total. The van der Waals surface area contributed by atoms with Crippen molar-refractivity contribution in [1.29, 1.82) is 0 Å². The van der Waals surface area contributed by atoms with Crippen molar-refractivity contribution >= 4 is 27.6 Å². The lowest BCUT2D eigenvalue weighted by Crippen LogP contribution is -2.38. The number of Topliss-reactive ketones (excluding diaryl/α,β-unsaturated/α-hetero) is 1. The minimum Gasteiger partial charge on any atom is -0.503 e. The predicted molar refractivity (Wildman–Crippen MR) is 126 cm³/mol. The van der Waals surface area contributed by atoms with Gasteiger partial charge >= 0.3 is 0 Å². The molecule has 1 amide bonds. The minimum absolute atomic E-state index is 0.00443. The standard InChI is InChI=1S/C25H26BrNO6/c1-4-33-22-10-13(7-18(26)25(22)30)17-12-23(29)27-19-8-14(9-20(28)24(17)19)16-11-15(31-2)5-6-21(16)32-3/h5-7,10-11,14,17,30H,4,8-9,12H2,1-3H3,(H,27,29)/t14-,17+/m0/s1. The Morgan fingerprint density at radius 3 is 2.55 bits per heavy atom. The molecule has 174 valence electrons. The summed E-state index contributed by atoms with van der Waals surface area (Å²) in [5, 5.41) is 13.2. The van der Waals surface area contributed by atoms with Gasteiger partial charge in [0.15, 0.2) is 17.3 Å². The van der Waals surface area contributed by atoms with E-state index >= 15 is 0 Å². The van der Waals surface area contributed by atoms with E-state index < -0.39 is 5.92 Å². The highest BCUT2D eigenvalue weighted by atomic mass is 79.9. The van der Waals surface area contributed by atoms with Crippen molar-refractivity contribution in [1.82, 2.24) is 5.32 Å². The maximum absolute atomic E-state index is 13.4. The van der Waals surface area contributed by atoms with E-state index in [4.69, 9.17) is 14.2 Å². The van der Waals surface area contributed by atoms with Crippen LogP contribution in [0.1, 0.15) is 49.1 Å². The SMILES string of the molecule is CCOc1cc([C@H]2CC(=O)NC3=C2C(=O)C[C@@H](c2cc(OC)ccc2OC)C3)cc(Br)c1O. The summed E-state index contributed by atoms with van der Waals surface area (Å²) in [6.07, 6.45) is 0.956. The molecule has 8 heteroatoms. The molecule has 1 aliphatic heterocycles. The van der Waals surface area contributed by atoms with Crippen molar-refractivity contribution in [3.63, 3.8) is 0 Å². The summed E-state index contributed by atoms with van der Waals surface area (Å²) in [5.74, 6) is 0.954. The van der Waals surface area contributed by atoms with Crippen molar-refractivity contribution in [2.75, 3.05) is 20.8 Å². The van der Waals surface area contributed by atoms with E-state index in [1.165, 1.54) is 0 Å². The molecule has 2 atom stereocenters. The molecule has 0 aromatic heterocycles. The maximum atomic E-state index is 13.4. The molecule has 2 aromatic rings. The Labute approximate surface area is 200 Å². The molecular formula is C25H26BrNO6. The van der Waals surface area contributed by atoms with E-state index in [9.17, 15) is 14.7 Å². The zero-order valence-electron chi connectivity index (χ0n) is 18.7. The van der Waals surface area contributed by atoms with Gasteiger partial charge in [-0.3, -0.25) is 9.59 Å². The average Bonchev–Trinajstić information content (AvgIpc) is 2.80. The Hall–Kier alpha value is -3.00. The third kappa shape index (κ3) is 4.44. The Balaban J connectivity index is 1.75. The molecule has 0 unspecified atom stereocenters. The van der Waals surface area contributed by atoms with Crippen LogP contribution in [0.4, 0.5) is 0 Å². The maximum Gasteiger partial charge on any atom is 0.225 e. The number of phenolic OH excluding ortho intramolecular Hbond substituents is 1. The monoisotopic (exact) mass is 515 g/mol. The number of benzene rings is 2. The quantitative estimate of drug-likeness (QED) is 0.584. The van der Waals surface area contributed by atoms with Gasteiger partial charge in [0.25, 0.3) is 0 Å². The van der Waals surface area contributed by atoms with E-state index in [0.29, 0.717) is 52.4 Å². The molecule has 1 aliphatic carbocycles. The molecule has 0 radical (unpaired) electrons. The second-order valence-electron chi connectivity index (χ2n) is 8.12. The fraction of sp³-hybridized carbons (Fsp3) is 0.360. The van der Waals surface area contributed by atoms with E-state index in [1.54, 1.807) is 26.4 Å². The van der Waals surface area contributed by atoms with Gasteiger partial charge in [-0.15, -0.1) is 0 Å². The van der Waals surface area contributed by atoms with Gasteiger partial charge in [0, 0.05) is 41.5 Å². The number of hydrogen-bond donors (Lipinski definition) is 2. The molecule has 0 saturated heterocycles. The fourth-order valence-corrected chi connectivity index (χ4v) is 5.14. The molecular weight excluding hydrogens is 490 g/mol. The van der Waals surface area contributed by atoms with Gasteiger partial charge in [0.05, 0.1) is 25.3 Å². The van der Waals surface area contributed by atoms with Gasteiger partial charge < -0.3 is 24.6 Å². The number of amides is 1. The first-order valence-corrected chi connectivity index (χ1v) is 11.6. The molecule has 4 rings (SSSR count). The van der Waals surface area contributed by atoms with E-state index in [0.717, 1.165) is 11.1 Å². The van der Waals surface area contributed by atoms with Gasteiger partial charge in [-0.05, 0) is 65.2 Å². The molecule has 33 heavy (non-hydrogen) atoms. The molecule has 2 aliphatic rings. The molecule has 0 bridgehead atoms. The number of ether oxygens (including phenoxy) is 3. The minimum atomic E-state index is -0.412. The lowest BCUT2D eigenvalue weighted by molar-refractivity contribution is -0.122. The van der Waals surface area contributed by atoms with Gasteiger partial charge in [-0.2, -0.15) is 0 Å². The zero-order chi connectivity index (χ0) is 23.7. The van der Waals surface area contributed by atoms with Crippen molar-refractivity contribution in [2.24, 2.45) is 0 Å². The third-order valence-corrected chi connectivity index (χ3v) is 6.77. The lowest BCUT2D eigenvalue weighted by Gasteiger charge is -2.35. The van der Waals surface area contributed by atoms with Crippen LogP contribution in [-0.4, -0.2) is 37.6 Å². The van der Waals surface area contributed by atoms with Crippen LogP contribution in [0.5, 0.6) is 23.0 Å². The summed E-state index contributed by atoms with van der Waals surface area (Å²) in [6.45, 7) is 2.21. The number of allylic oxidation sites excluding steroid dienone is 2. The largest absolute Gasteiger partial charge is 0.503 e. The van der Waals surface area contributed by atoms with Crippen LogP contribution in [0.2, 0.25) is 0 Å². The topological polar surface area (TPSA) is 94.1 Å². The summed E-state index contributed by atoms with van der Waals surface area (Å²) in [7, 11) is 3.19. The average molecular weight is 516 g/mol. The number of hydrogen-bond acceptors (Lipinski definition) is 6. The highest BCUT2D eigenvalue weighted by molar-refractivity contribution is 9.10. The van der Waals surface area contributed by atoms with E-state index in [2.05, 4.69) is 21.2 Å². The summed E-state index contributed by atoms with van der Waals surface area (Å²) in [4.78, 5) is 26.1. The second-order valence-corrected chi connectivity index (χ2v) is 8.97. The summed E-state index contributed by atoms with van der Waals surface area (Å²) in [6, 6.07) is 8.98. The van der Waals surface area contributed by atoms with Gasteiger partial charge in [0.1, 0.15) is 11.5 Å². The highest BCUT2D eigenvalue weighted by Gasteiger charge is 2.39. The second kappa shape index (κ2) is 9.47. The van der Waals surface area contributed by atoms with Crippen LogP contribution in [0.3, 0.4) is 0 Å². The van der Waals surface area contributed by atoms with Crippen LogP contribution in [0.15, 0.2) is 46.1 Å². The number of phenols is 1. The highest BCUT2D eigenvalue weighted by Crippen LogP contribution is 2.47. The van der Waals surface area contributed by atoms with Crippen molar-refractivity contribution in [3.8, 4) is 23.0 Å². The number of nitrogens with one attached hydrogen (secondary N) is 1. The van der Waals surface area contributed by atoms with Gasteiger partial charge in [-0.1, -0.05) is 0 Å². The lowest BCUT2D eigenvalue weighted by atomic mass is 9.73. The number of aromatic hydroxyl groups is 1. The molecule has 1 heterocycles.